The molecule has 0 heterocycles. The van der Waals surface area contributed by atoms with E-state index in [-0.39, 0.29) is 10.9 Å². The minimum atomic E-state index is -3.55. The van der Waals surface area contributed by atoms with Crippen molar-refractivity contribution >= 4 is 27.3 Å². The number of halogens is 1. The van der Waals surface area contributed by atoms with Crippen molar-refractivity contribution < 1.29 is 13.5 Å². The van der Waals surface area contributed by atoms with Crippen LogP contribution in [-0.4, -0.2) is 31.7 Å². The van der Waals surface area contributed by atoms with Crippen molar-refractivity contribution in [1.82, 2.24) is 4.72 Å². The molecule has 3 N–H and O–H groups in total. The van der Waals surface area contributed by atoms with E-state index in [1.165, 1.54) is 18.6 Å². The lowest BCUT2D eigenvalue weighted by molar-refractivity contribution is 0.0945. The number of rotatable bonds is 6. The van der Waals surface area contributed by atoms with Gasteiger partial charge in [-0.15, -0.1) is 0 Å². The van der Waals surface area contributed by atoms with E-state index in [0.29, 0.717) is 17.3 Å². The van der Waals surface area contributed by atoms with Gasteiger partial charge in [0.05, 0.1) is 21.2 Å². The molecule has 0 aromatic heterocycles. The normalized spacial score (nSPS) is 17.2. The highest BCUT2D eigenvalue weighted by atomic mass is 35.5. The Bertz CT molecular complexity index is 635. The molecule has 7 heteroatoms. The van der Waals surface area contributed by atoms with Gasteiger partial charge < -0.3 is 10.4 Å². The molecule has 1 aromatic rings. The molecule has 2 rings (SSSR count). The lowest BCUT2D eigenvalue weighted by atomic mass is 9.96. The molecule has 130 valence electrons. The third-order valence-electron chi connectivity index (χ3n) is 3.89. The van der Waals surface area contributed by atoms with E-state index in [4.69, 9.17) is 11.6 Å². The Balaban J connectivity index is 2.08. The average Bonchev–Trinajstić information content (AvgIpc) is 2.45. The van der Waals surface area contributed by atoms with Gasteiger partial charge in [0, 0.05) is 12.6 Å². The first-order valence-corrected chi connectivity index (χ1v) is 9.82. The second-order valence-electron chi connectivity index (χ2n) is 6.76. The van der Waals surface area contributed by atoms with Crippen LogP contribution in [-0.2, 0) is 10.0 Å². The van der Waals surface area contributed by atoms with Gasteiger partial charge >= 0.3 is 0 Å². The second-order valence-corrected chi connectivity index (χ2v) is 8.89. The van der Waals surface area contributed by atoms with Crippen LogP contribution in [0.15, 0.2) is 23.1 Å². The fraction of sp³-hybridized carbons (Fsp3) is 0.625. The molecule has 1 aromatic carbocycles. The summed E-state index contributed by atoms with van der Waals surface area (Å²) >= 11 is 6.17. The maximum atomic E-state index is 12.5. The maximum absolute atomic E-state index is 12.5. The molecular weight excluding hydrogens is 336 g/mol. The Morgan fingerprint density at radius 3 is 2.48 bits per heavy atom. The molecular formula is C16H25ClN2O3S. The predicted octanol–water partition coefficient (Wildman–Crippen LogP) is 3.13. The summed E-state index contributed by atoms with van der Waals surface area (Å²) < 4.78 is 27.7. The zero-order valence-corrected chi connectivity index (χ0v) is 15.2. The summed E-state index contributed by atoms with van der Waals surface area (Å²) in [5, 5.41) is 13.1. The van der Waals surface area contributed by atoms with Gasteiger partial charge in [0.1, 0.15) is 0 Å². The molecule has 0 atom stereocenters. The molecule has 1 aliphatic carbocycles. The fourth-order valence-corrected chi connectivity index (χ4v) is 4.27. The fourth-order valence-electron chi connectivity index (χ4n) is 2.63. The second kappa shape index (κ2) is 7.38. The van der Waals surface area contributed by atoms with Gasteiger partial charge in [-0.2, -0.15) is 0 Å². The summed E-state index contributed by atoms with van der Waals surface area (Å²) in [5.74, 6) is 0. The summed E-state index contributed by atoms with van der Waals surface area (Å²) in [6, 6.07) is 4.62. The van der Waals surface area contributed by atoms with E-state index < -0.39 is 15.6 Å². The molecule has 1 saturated carbocycles. The van der Waals surface area contributed by atoms with Gasteiger partial charge in [-0.3, -0.25) is 0 Å². The monoisotopic (exact) mass is 360 g/mol. The van der Waals surface area contributed by atoms with Crippen LogP contribution < -0.4 is 10.0 Å². The predicted molar refractivity (Wildman–Crippen MR) is 93.4 cm³/mol. The van der Waals surface area contributed by atoms with Crippen molar-refractivity contribution in [2.75, 3.05) is 11.9 Å². The van der Waals surface area contributed by atoms with Crippen LogP contribution in [0.4, 0.5) is 5.69 Å². The van der Waals surface area contributed by atoms with Gasteiger partial charge in [-0.25, -0.2) is 13.1 Å². The Morgan fingerprint density at radius 2 is 1.91 bits per heavy atom. The Morgan fingerprint density at radius 1 is 1.26 bits per heavy atom. The zero-order valence-electron chi connectivity index (χ0n) is 13.6. The number of hydrogen-bond acceptors (Lipinski definition) is 4. The number of benzene rings is 1. The number of nitrogens with one attached hydrogen (secondary N) is 2. The number of sulfonamides is 1. The zero-order chi connectivity index (χ0) is 17.1. The van der Waals surface area contributed by atoms with E-state index in [2.05, 4.69) is 10.0 Å². The van der Waals surface area contributed by atoms with Crippen molar-refractivity contribution in [3.05, 3.63) is 23.2 Å². The van der Waals surface area contributed by atoms with Gasteiger partial charge in [-0.05, 0) is 44.9 Å². The molecule has 0 aliphatic heterocycles. The SMILES string of the molecule is CC(C)(O)CNc1ccc(S(=O)(=O)NC2CCCCC2)cc1Cl. The molecule has 0 saturated heterocycles. The molecule has 0 radical (unpaired) electrons. The summed E-state index contributed by atoms with van der Waals surface area (Å²) in [4.78, 5) is 0.168. The maximum Gasteiger partial charge on any atom is 0.240 e. The van der Waals surface area contributed by atoms with Gasteiger partial charge in [0.2, 0.25) is 10.0 Å². The Hall–Kier alpha value is -0.820. The molecule has 1 fully saturated rings. The van der Waals surface area contributed by atoms with Crippen molar-refractivity contribution in [3.8, 4) is 0 Å². The van der Waals surface area contributed by atoms with Gasteiger partial charge in [0.15, 0.2) is 0 Å². The van der Waals surface area contributed by atoms with Crippen LogP contribution in [0.5, 0.6) is 0 Å². The topological polar surface area (TPSA) is 78.4 Å². The Kier molecular flexibility index (Phi) is 5.94. The Labute approximate surface area is 143 Å². The average molecular weight is 361 g/mol. The first-order chi connectivity index (χ1) is 10.7. The minimum absolute atomic E-state index is 0.0144. The van der Waals surface area contributed by atoms with Crippen LogP contribution in [0.1, 0.15) is 46.0 Å². The van der Waals surface area contributed by atoms with Gasteiger partial charge in [0.25, 0.3) is 0 Å². The summed E-state index contributed by atoms with van der Waals surface area (Å²) in [6.07, 6.45) is 5.07. The summed E-state index contributed by atoms with van der Waals surface area (Å²) in [5.41, 5.74) is -0.276. The van der Waals surface area contributed by atoms with Crippen molar-refractivity contribution in [2.45, 2.75) is 62.5 Å². The minimum Gasteiger partial charge on any atom is -0.389 e. The highest BCUT2D eigenvalue weighted by molar-refractivity contribution is 7.89. The number of hydrogen-bond donors (Lipinski definition) is 3. The van der Waals surface area contributed by atoms with Crippen LogP contribution >= 0.6 is 11.6 Å². The lowest BCUT2D eigenvalue weighted by Crippen LogP contribution is -2.36. The number of anilines is 1. The standard InChI is InChI=1S/C16H25ClN2O3S/c1-16(2,20)11-18-15-9-8-13(10-14(15)17)23(21,22)19-12-6-4-3-5-7-12/h8-10,12,18-20H,3-7,11H2,1-2H3. The van der Waals surface area contributed by atoms with Crippen molar-refractivity contribution in [2.24, 2.45) is 0 Å². The smallest absolute Gasteiger partial charge is 0.240 e. The van der Waals surface area contributed by atoms with E-state index in [9.17, 15) is 13.5 Å². The van der Waals surface area contributed by atoms with Crippen LogP contribution in [0.3, 0.4) is 0 Å². The quantitative estimate of drug-likeness (QED) is 0.728. The van der Waals surface area contributed by atoms with Crippen molar-refractivity contribution in [1.29, 1.82) is 0 Å². The third kappa shape index (κ3) is 5.64. The van der Waals surface area contributed by atoms with E-state index >= 15 is 0 Å². The highest BCUT2D eigenvalue weighted by Crippen LogP contribution is 2.27. The molecule has 1 aliphatic rings. The molecule has 0 bridgehead atoms. The first kappa shape index (κ1) is 18.5. The van der Waals surface area contributed by atoms with E-state index in [1.807, 2.05) is 0 Å². The van der Waals surface area contributed by atoms with Crippen LogP contribution in [0.25, 0.3) is 0 Å². The first-order valence-electron chi connectivity index (χ1n) is 7.95. The molecule has 0 unspecified atom stereocenters. The van der Waals surface area contributed by atoms with E-state index in [1.54, 1.807) is 19.9 Å². The number of aliphatic hydroxyl groups is 1. The van der Waals surface area contributed by atoms with E-state index in [0.717, 1.165) is 25.7 Å². The highest BCUT2D eigenvalue weighted by Gasteiger charge is 2.22. The summed E-state index contributed by atoms with van der Waals surface area (Å²) in [7, 11) is -3.55. The van der Waals surface area contributed by atoms with Crippen LogP contribution in [0, 0.1) is 0 Å². The molecule has 0 amide bonds. The third-order valence-corrected chi connectivity index (χ3v) is 5.72. The largest absolute Gasteiger partial charge is 0.389 e. The van der Waals surface area contributed by atoms with Gasteiger partial charge in [-0.1, -0.05) is 30.9 Å². The molecule has 23 heavy (non-hydrogen) atoms. The lowest BCUT2D eigenvalue weighted by Gasteiger charge is -2.23. The van der Waals surface area contributed by atoms with Crippen molar-refractivity contribution in [3.63, 3.8) is 0 Å². The molecule has 5 nitrogen and oxygen atoms in total. The summed E-state index contributed by atoms with van der Waals surface area (Å²) in [6.45, 7) is 3.68. The van der Waals surface area contributed by atoms with Crippen LogP contribution in [0.2, 0.25) is 5.02 Å². The molecule has 0 spiro atoms.